The molecule has 3 rings (SSSR count). The van der Waals surface area contributed by atoms with E-state index in [1.54, 1.807) is 0 Å². The van der Waals surface area contributed by atoms with E-state index in [1.165, 1.54) is 42.9 Å². The summed E-state index contributed by atoms with van der Waals surface area (Å²) in [6, 6.07) is 6.16. The third kappa shape index (κ3) is 3.26. The average Bonchev–Trinajstić information content (AvgIpc) is 2.80. The second-order valence-electron chi connectivity index (χ2n) is 5.36. The summed E-state index contributed by atoms with van der Waals surface area (Å²) in [6.07, 6.45) is -4.58. The van der Waals surface area contributed by atoms with Crippen LogP contribution in [-0.4, -0.2) is 21.4 Å². The van der Waals surface area contributed by atoms with Crippen LogP contribution in [0.2, 0.25) is 0 Å². The summed E-state index contributed by atoms with van der Waals surface area (Å²) in [4.78, 5) is 4.24. The average molecular weight is 357 g/mol. The Morgan fingerprint density at radius 2 is 1.76 bits per heavy atom. The van der Waals surface area contributed by atoms with Crippen molar-refractivity contribution in [3.8, 4) is 17.0 Å². The molecule has 0 aliphatic rings. The molecule has 2 heterocycles. The molecule has 2 aromatic heterocycles. The summed E-state index contributed by atoms with van der Waals surface area (Å²) in [5, 5.41) is 3.94. The number of nitrogens with zero attached hydrogens (tertiary/aromatic N) is 3. The van der Waals surface area contributed by atoms with Crippen LogP contribution >= 0.6 is 0 Å². The lowest BCUT2D eigenvalue weighted by molar-refractivity contribution is -0.136. The number of pyridine rings is 1. The van der Waals surface area contributed by atoms with Crippen LogP contribution in [0.1, 0.15) is 11.3 Å². The van der Waals surface area contributed by atoms with Crippen molar-refractivity contribution in [2.24, 2.45) is 7.05 Å². The van der Waals surface area contributed by atoms with Gasteiger partial charge < -0.3 is 4.74 Å². The van der Waals surface area contributed by atoms with Crippen LogP contribution in [0.5, 0.6) is 5.75 Å². The molecule has 0 N–H and O–H groups in total. The summed E-state index contributed by atoms with van der Waals surface area (Å²) in [6.45, 7) is -1.50. The van der Waals surface area contributed by atoms with Crippen molar-refractivity contribution in [1.29, 1.82) is 0 Å². The summed E-state index contributed by atoms with van der Waals surface area (Å²) < 4.78 is 70.2. The molecule has 0 aliphatic heterocycles. The highest BCUT2D eigenvalue weighted by Gasteiger charge is 2.35. The topological polar surface area (TPSA) is 39.9 Å². The second kappa shape index (κ2) is 5.98. The highest BCUT2D eigenvalue weighted by atomic mass is 19.4. The number of fused-ring (bicyclic) bond motifs is 1. The first-order chi connectivity index (χ1) is 11.7. The van der Waals surface area contributed by atoms with Gasteiger partial charge in [0.15, 0.2) is 5.65 Å². The molecule has 9 heteroatoms. The molecular formula is C16H12F5N3O. The van der Waals surface area contributed by atoms with Gasteiger partial charge in [0.2, 0.25) is 0 Å². The largest absolute Gasteiger partial charge is 0.435 e. The van der Waals surface area contributed by atoms with Gasteiger partial charge in [-0.25, -0.2) is 4.98 Å². The molecule has 0 aliphatic carbocycles. The number of halogens is 5. The number of hydrogen-bond acceptors (Lipinski definition) is 3. The third-order valence-corrected chi connectivity index (χ3v) is 3.65. The van der Waals surface area contributed by atoms with E-state index in [1.807, 2.05) is 0 Å². The number of ether oxygens (including phenoxy) is 1. The molecule has 0 radical (unpaired) electrons. The first-order valence-electron chi connectivity index (χ1n) is 7.13. The van der Waals surface area contributed by atoms with Crippen molar-refractivity contribution in [1.82, 2.24) is 14.8 Å². The maximum atomic E-state index is 13.4. The van der Waals surface area contributed by atoms with Crippen LogP contribution < -0.4 is 4.74 Å². The Labute approximate surface area is 138 Å². The Kier molecular flexibility index (Phi) is 4.09. The van der Waals surface area contributed by atoms with Crippen LogP contribution in [0.4, 0.5) is 22.0 Å². The number of hydrogen-bond donors (Lipinski definition) is 0. The standard InChI is InChI=1S/C16H12F5N3O/c1-8-13-11(16(19,20)21)7-12(22-14(13)24(2)23-8)9-3-5-10(6-4-9)25-15(17)18/h3-7,15H,1-2H3. The predicted molar refractivity (Wildman–Crippen MR) is 80.3 cm³/mol. The molecule has 25 heavy (non-hydrogen) atoms. The minimum Gasteiger partial charge on any atom is -0.435 e. The van der Waals surface area contributed by atoms with E-state index in [0.29, 0.717) is 5.56 Å². The molecule has 4 nitrogen and oxygen atoms in total. The molecule has 0 saturated carbocycles. The van der Waals surface area contributed by atoms with E-state index < -0.39 is 18.4 Å². The Morgan fingerprint density at radius 1 is 1.12 bits per heavy atom. The van der Waals surface area contributed by atoms with E-state index in [-0.39, 0.29) is 28.2 Å². The van der Waals surface area contributed by atoms with Crippen molar-refractivity contribution in [2.45, 2.75) is 19.7 Å². The lowest BCUT2D eigenvalue weighted by Crippen LogP contribution is -2.07. The number of alkyl halides is 5. The van der Waals surface area contributed by atoms with Gasteiger partial charge in [0.1, 0.15) is 5.75 Å². The molecule has 0 saturated heterocycles. The van der Waals surface area contributed by atoms with E-state index in [4.69, 9.17) is 0 Å². The van der Waals surface area contributed by atoms with Gasteiger partial charge in [0, 0.05) is 12.6 Å². The van der Waals surface area contributed by atoms with Crippen molar-refractivity contribution in [3.63, 3.8) is 0 Å². The molecule has 0 fully saturated rings. The van der Waals surface area contributed by atoms with Gasteiger partial charge in [0.25, 0.3) is 0 Å². The molecule has 0 unspecified atom stereocenters. The Bertz CT molecular complexity index is 916. The summed E-state index contributed by atoms with van der Waals surface area (Å²) >= 11 is 0. The summed E-state index contributed by atoms with van der Waals surface area (Å²) in [5.74, 6) is -0.0905. The van der Waals surface area contributed by atoms with E-state index in [0.717, 1.165) is 6.07 Å². The summed E-state index contributed by atoms with van der Waals surface area (Å²) in [5.41, 5.74) is -0.120. The maximum Gasteiger partial charge on any atom is 0.417 e. The van der Waals surface area contributed by atoms with Gasteiger partial charge in [-0.15, -0.1) is 0 Å². The van der Waals surface area contributed by atoms with E-state index in [2.05, 4.69) is 14.8 Å². The van der Waals surface area contributed by atoms with Gasteiger partial charge in [0.05, 0.1) is 22.3 Å². The smallest absolute Gasteiger partial charge is 0.417 e. The molecule has 0 amide bonds. The van der Waals surface area contributed by atoms with Crippen LogP contribution in [-0.2, 0) is 13.2 Å². The van der Waals surface area contributed by atoms with Gasteiger partial charge >= 0.3 is 12.8 Å². The predicted octanol–water partition coefficient (Wildman–Crippen LogP) is 4.56. The van der Waals surface area contributed by atoms with E-state index >= 15 is 0 Å². The van der Waals surface area contributed by atoms with Crippen LogP contribution in [0.15, 0.2) is 30.3 Å². The number of aryl methyl sites for hydroxylation is 2. The van der Waals surface area contributed by atoms with Crippen LogP contribution in [0, 0.1) is 6.92 Å². The zero-order chi connectivity index (χ0) is 18.4. The van der Waals surface area contributed by atoms with Crippen molar-refractivity contribution < 1.29 is 26.7 Å². The quantitative estimate of drug-likeness (QED) is 0.645. The maximum absolute atomic E-state index is 13.4. The van der Waals surface area contributed by atoms with Gasteiger partial charge in [-0.1, -0.05) is 0 Å². The molecule has 3 aromatic rings. The normalized spacial score (nSPS) is 12.2. The fourth-order valence-electron chi connectivity index (χ4n) is 2.62. The molecule has 1 aromatic carbocycles. The first-order valence-corrected chi connectivity index (χ1v) is 7.13. The Morgan fingerprint density at radius 3 is 2.32 bits per heavy atom. The molecule has 0 bridgehead atoms. The molecular weight excluding hydrogens is 345 g/mol. The van der Waals surface area contributed by atoms with Crippen molar-refractivity contribution >= 4 is 11.0 Å². The van der Waals surface area contributed by atoms with Gasteiger partial charge in [-0.2, -0.15) is 27.1 Å². The van der Waals surface area contributed by atoms with Gasteiger partial charge in [-0.3, -0.25) is 4.68 Å². The lowest BCUT2D eigenvalue weighted by Gasteiger charge is -2.11. The highest BCUT2D eigenvalue weighted by molar-refractivity contribution is 5.85. The first kappa shape index (κ1) is 17.1. The van der Waals surface area contributed by atoms with Crippen LogP contribution in [0.3, 0.4) is 0 Å². The number of aromatic nitrogens is 3. The number of benzene rings is 1. The molecule has 0 spiro atoms. The fraction of sp³-hybridized carbons (Fsp3) is 0.250. The Hall–Kier alpha value is -2.71. The number of rotatable bonds is 3. The molecule has 132 valence electrons. The lowest BCUT2D eigenvalue weighted by atomic mass is 10.1. The van der Waals surface area contributed by atoms with Crippen molar-refractivity contribution in [3.05, 3.63) is 41.6 Å². The highest BCUT2D eigenvalue weighted by Crippen LogP contribution is 2.38. The second-order valence-corrected chi connectivity index (χ2v) is 5.36. The van der Waals surface area contributed by atoms with Crippen LogP contribution in [0.25, 0.3) is 22.3 Å². The molecule has 0 atom stereocenters. The Balaban J connectivity index is 2.15. The summed E-state index contributed by atoms with van der Waals surface area (Å²) in [7, 11) is 1.51. The minimum absolute atomic E-state index is 0.0589. The SMILES string of the molecule is Cc1nn(C)c2nc(-c3ccc(OC(F)F)cc3)cc(C(F)(F)F)c12. The third-order valence-electron chi connectivity index (χ3n) is 3.65. The zero-order valence-corrected chi connectivity index (χ0v) is 13.1. The fourth-order valence-corrected chi connectivity index (χ4v) is 2.62. The minimum atomic E-state index is -4.58. The van der Waals surface area contributed by atoms with Gasteiger partial charge in [-0.05, 0) is 37.3 Å². The monoisotopic (exact) mass is 357 g/mol. The van der Waals surface area contributed by atoms with Crippen molar-refractivity contribution in [2.75, 3.05) is 0 Å². The van der Waals surface area contributed by atoms with E-state index in [9.17, 15) is 22.0 Å². The zero-order valence-electron chi connectivity index (χ0n) is 13.1.